The van der Waals surface area contributed by atoms with Crippen LogP contribution in [0.2, 0.25) is 0 Å². The minimum absolute atomic E-state index is 0.0443. The summed E-state index contributed by atoms with van der Waals surface area (Å²) in [6.45, 7) is 3.86. The van der Waals surface area contributed by atoms with Crippen LogP contribution in [0.5, 0.6) is 0 Å². The van der Waals surface area contributed by atoms with Crippen molar-refractivity contribution in [1.82, 2.24) is 0 Å². The summed E-state index contributed by atoms with van der Waals surface area (Å²) in [5.41, 5.74) is 8.65. The normalized spacial score (nSPS) is 11.6. The Bertz CT molecular complexity index is 412. The minimum atomic E-state index is -0.771. The summed E-state index contributed by atoms with van der Waals surface area (Å²) in [5, 5.41) is 0. The zero-order valence-electron chi connectivity index (χ0n) is 9.49. The number of carbonyl (C=O) groups excluding carboxylic acids is 1. The van der Waals surface area contributed by atoms with Crippen LogP contribution < -0.4 is 5.73 Å². The Morgan fingerprint density at radius 1 is 1.44 bits per heavy atom. The molecule has 0 fully saturated rings. The summed E-state index contributed by atoms with van der Waals surface area (Å²) in [6.07, 6.45) is 5.00. The summed E-state index contributed by atoms with van der Waals surface area (Å²) in [4.78, 5) is 11.5. The van der Waals surface area contributed by atoms with Crippen molar-refractivity contribution < 1.29 is 9.53 Å². The van der Waals surface area contributed by atoms with E-state index in [4.69, 9.17) is 16.9 Å². The number of hydrogen-bond acceptors (Lipinski definition) is 3. The van der Waals surface area contributed by atoms with Gasteiger partial charge in [-0.05, 0) is 19.4 Å². The molecule has 2 N–H and O–H groups in total. The van der Waals surface area contributed by atoms with Crippen LogP contribution in [0.25, 0.3) is 0 Å². The predicted octanol–water partition coefficient (Wildman–Crippen LogP) is 1.48. The number of benzene rings is 1. The van der Waals surface area contributed by atoms with Crippen molar-refractivity contribution in [2.24, 2.45) is 5.73 Å². The topological polar surface area (TPSA) is 52.3 Å². The zero-order valence-corrected chi connectivity index (χ0v) is 9.49. The van der Waals surface area contributed by atoms with Gasteiger partial charge in [0.15, 0.2) is 6.61 Å². The number of esters is 1. The molecule has 1 aromatic carbocycles. The second-order valence-electron chi connectivity index (χ2n) is 3.71. The second-order valence-corrected chi connectivity index (χ2v) is 3.71. The zero-order chi connectivity index (χ0) is 12.1. The molecule has 1 rings (SSSR count). The van der Waals surface area contributed by atoms with E-state index in [-0.39, 0.29) is 6.61 Å². The fraction of sp³-hybridized carbons (Fsp3) is 0.308. The highest BCUT2D eigenvalue weighted by Crippen LogP contribution is 2.16. The third-order valence-corrected chi connectivity index (χ3v) is 2.15. The van der Waals surface area contributed by atoms with E-state index < -0.39 is 12.0 Å². The number of ether oxygens (including phenoxy) is 1. The number of carbonyl (C=O) groups is 1. The van der Waals surface area contributed by atoms with Crippen LogP contribution in [0, 0.1) is 26.2 Å². The lowest BCUT2D eigenvalue weighted by Gasteiger charge is -2.12. The molecule has 0 aliphatic heterocycles. The second kappa shape index (κ2) is 5.34. The fourth-order valence-electron chi connectivity index (χ4n) is 1.53. The van der Waals surface area contributed by atoms with E-state index in [1.165, 1.54) is 0 Å². The molecule has 0 saturated carbocycles. The van der Waals surface area contributed by atoms with E-state index in [9.17, 15) is 4.79 Å². The quantitative estimate of drug-likeness (QED) is 0.616. The molecule has 16 heavy (non-hydrogen) atoms. The summed E-state index contributed by atoms with van der Waals surface area (Å²) in [6, 6.07) is 4.99. The van der Waals surface area contributed by atoms with Crippen molar-refractivity contribution >= 4 is 5.97 Å². The highest BCUT2D eigenvalue weighted by atomic mass is 16.5. The van der Waals surface area contributed by atoms with Gasteiger partial charge >= 0.3 is 5.97 Å². The Kier molecular flexibility index (Phi) is 4.10. The number of rotatable bonds is 3. The number of aryl methyl sites for hydroxylation is 2. The Morgan fingerprint density at radius 3 is 2.50 bits per heavy atom. The molecule has 1 unspecified atom stereocenters. The fourth-order valence-corrected chi connectivity index (χ4v) is 1.53. The largest absolute Gasteiger partial charge is 0.451 e. The van der Waals surface area contributed by atoms with E-state index >= 15 is 0 Å². The minimum Gasteiger partial charge on any atom is -0.451 e. The van der Waals surface area contributed by atoms with Crippen LogP contribution in [0.1, 0.15) is 22.7 Å². The molecule has 1 aromatic rings. The average Bonchev–Trinajstić information content (AvgIpc) is 2.23. The van der Waals surface area contributed by atoms with Gasteiger partial charge in [0.25, 0.3) is 0 Å². The maximum atomic E-state index is 11.5. The third-order valence-electron chi connectivity index (χ3n) is 2.15. The van der Waals surface area contributed by atoms with E-state index in [1.54, 1.807) is 0 Å². The predicted molar refractivity (Wildman–Crippen MR) is 62.6 cm³/mol. The highest BCUT2D eigenvalue weighted by molar-refractivity contribution is 5.77. The molecule has 84 valence electrons. The van der Waals surface area contributed by atoms with Crippen LogP contribution in [0.3, 0.4) is 0 Å². The van der Waals surface area contributed by atoms with Gasteiger partial charge in [0.2, 0.25) is 0 Å². The number of terminal acetylenes is 1. The molecular weight excluding hydrogens is 202 g/mol. The molecular formula is C13H15NO2. The van der Waals surface area contributed by atoms with Crippen LogP contribution in [0.4, 0.5) is 0 Å². The first-order valence-corrected chi connectivity index (χ1v) is 4.98. The molecule has 0 aromatic heterocycles. The van der Waals surface area contributed by atoms with Crippen molar-refractivity contribution in [2.75, 3.05) is 6.61 Å². The molecule has 0 radical (unpaired) electrons. The third kappa shape index (κ3) is 3.11. The summed E-state index contributed by atoms with van der Waals surface area (Å²) >= 11 is 0. The molecule has 0 spiro atoms. The van der Waals surface area contributed by atoms with Gasteiger partial charge in [-0.25, -0.2) is 4.79 Å². The maximum Gasteiger partial charge on any atom is 0.328 e. The molecule has 0 bridgehead atoms. The van der Waals surface area contributed by atoms with E-state index in [0.29, 0.717) is 0 Å². The van der Waals surface area contributed by atoms with Gasteiger partial charge in [0.05, 0.1) is 0 Å². The maximum absolute atomic E-state index is 11.5. The lowest BCUT2D eigenvalue weighted by Crippen LogP contribution is -2.24. The van der Waals surface area contributed by atoms with Gasteiger partial charge in [-0.15, -0.1) is 6.42 Å². The van der Waals surface area contributed by atoms with Gasteiger partial charge in [-0.2, -0.15) is 0 Å². The first-order chi connectivity index (χ1) is 7.54. The summed E-state index contributed by atoms with van der Waals surface area (Å²) in [5.74, 6) is 1.73. The average molecular weight is 217 g/mol. The smallest absolute Gasteiger partial charge is 0.328 e. The van der Waals surface area contributed by atoms with E-state index in [0.717, 1.165) is 16.7 Å². The molecule has 1 atom stereocenters. The van der Waals surface area contributed by atoms with Crippen LogP contribution in [-0.4, -0.2) is 12.6 Å². The van der Waals surface area contributed by atoms with E-state index in [1.807, 2.05) is 32.0 Å². The number of nitrogens with two attached hydrogens (primary N) is 1. The van der Waals surface area contributed by atoms with Gasteiger partial charge < -0.3 is 10.5 Å². The molecule has 0 amide bonds. The van der Waals surface area contributed by atoms with Gasteiger partial charge in [0, 0.05) is 0 Å². The molecule has 0 saturated heterocycles. The Morgan fingerprint density at radius 2 is 2.00 bits per heavy atom. The van der Waals surface area contributed by atoms with Crippen molar-refractivity contribution in [1.29, 1.82) is 0 Å². The first kappa shape index (κ1) is 12.3. The van der Waals surface area contributed by atoms with Crippen LogP contribution >= 0.6 is 0 Å². The highest BCUT2D eigenvalue weighted by Gasteiger charge is 2.17. The van der Waals surface area contributed by atoms with Crippen molar-refractivity contribution in [3.8, 4) is 12.3 Å². The summed E-state index contributed by atoms with van der Waals surface area (Å²) in [7, 11) is 0. The van der Waals surface area contributed by atoms with Crippen LogP contribution in [-0.2, 0) is 9.53 Å². The Balaban J connectivity index is 2.84. The van der Waals surface area contributed by atoms with Gasteiger partial charge in [-0.3, -0.25) is 0 Å². The molecule has 0 aliphatic carbocycles. The van der Waals surface area contributed by atoms with E-state index in [2.05, 4.69) is 5.92 Å². The molecule has 3 heteroatoms. The SMILES string of the molecule is C#CCOC(=O)C(N)c1cc(C)cc(C)c1. The van der Waals surface area contributed by atoms with Crippen molar-refractivity contribution in [3.05, 3.63) is 34.9 Å². The Labute approximate surface area is 95.6 Å². The summed E-state index contributed by atoms with van der Waals surface area (Å²) < 4.78 is 4.79. The number of hydrogen-bond donors (Lipinski definition) is 1. The first-order valence-electron chi connectivity index (χ1n) is 4.98. The van der Waals surface area contributed by atoms with Crippen LogP contribution in [0.15, 0.2) is 18.2 Å². The molecule has 0 aliphatic rings. The Hall–Kier alpha value is -1.79. The lowest BCUT2D eigenvalue weighted by atomic mass is 10.0. The monoisotopic (exact) mass is 217 g/mol. The molecule has 0 heterocycles. The molecule has 3 nitrogen and oxygen atoms in total. The van der Waals surface area contributed by atoms with Crippen molar-refractivity contribution in [2.45, 2.75) is 19.9 Å². The lowest BCUT2D eigenvalue weighted by molar-refractivity contribution is -0.143. The van der Waals surface area contributed by atoms with Gasteiger partial charge in [-0.1, -0.05) is 35.2 Å². The van der Waals surface area contributed by atoms with Gasteiger partial charge in [0.1, 0.15) is 6.04 Å². The van der Waals surface area contributed by atoms with Crippen molar-refractivity contribution in [3.63, 3.8) is 0 Å². The standard InChI is InChI=1S/C13H15NO2/c1-4-5-16-13(15)12(14)11-7-9(2)6-10(3)8-11/h1,6-8,12H,5,14H2,2-3H3.